The molecule has 4 unspecified atom stereocenters. The van der Waals surface area contributed by atoms with Crippen LogP contribution in [0.25, 0.3) is 0 Å². The smallest absolute Gasteiger partial charge is 0.247 e. The van der Waals surface area contributed by atoms with Crippen molar-refractivity contribution in [3.8, 4) is 23.0 Å². The number of alkyl halides is 2. The van der Waals surface area contributed by atoms with Gasteiger partial charge >= 0.3 is 0 Å². The number of sulfonamides is 1. The quantitative estimate of drug-likeness (QED) is 0.0398. The summed E-state index contributed by atoms with van der Waals surface area (Å²) in [7, 11) is -2.54. The summed E-state index contributed by atoms with van der Waals surface area (Å²) in [4.78, 5) is 124. The molecule has 23 N–H and O–H groups in total. The number of hydrogen-bond acceptors (Lipinski definition) is 28. The van der Waals surface area contributed by atoms with Gasteiger partial charge in [0.05, 0.1) is 83.6 Å². The largest absolute Gasteiger partial charge is 0.494 e. The average molecular weight is 1920 g/mol. The highest BCUT2D eigenvalue weighted by atomic mass is 35.5. The second-order valence-corrected chi connectivity index (χ2v) is 43.2. The van der Waals surface area contributed by atoms with E-state index in [0.717, 1.165) is 64.2 Å². The third-order valence-corrected chi connectivity index (χ3v) is 33.2. The lowest BCUT2D eigenvalue weighted by Crippen LogP contribution is -2.68. The number of benzene rings is 2. The third kappa shape index (κ3) is 23.3. The highest BCUT2D eigenvalue weighted by molar-refractivity contribution is 7.89. The highest BCUT2D eigenvalue weighted by Crippen LogP contribution is 2.55. The Morgan fingerprint density at radius 1 is 0.636 bits per heavy atom. The third-order valence-electron chi connectivity index (χ3n) is 30.8. The number of aliphatic hydroxyl groups is 9. The minimum absolute atomic E-state index is 0.00918. The monoisotopic (exact) mass is 1910 g/mol. The molecule has 9 aliphatic carbocycles. The van der Waals surface area contributed by atoms with Gasteiger partial charge in [0.25, 0.3) is 0 Å². The fourth-order valence-corrected chi connectivity index (χ4v) is 25.7. The van der Waals surface area contributed by atoms with Crippen molar-refractivity contribution in [1.29, 1.82) is 0 Å². The van der Waals surface area contributed by atoms with Crippen LogP contribution in [-0.4, -0.2) is 286 Å². The number of ether oxygens (including phenoxy) is 6. The zero-order valence-corrected chi connectivity index (χ0v) is 78.1. The van der Waals surface area contributed by atoms with Gasteiger partial charge in [0.15, 0.2) is 17.8 Å². The van der Waals surface area contributed by atoms with E-state index in [0.29, 0.717) is 24.2 Å². The van der Waals surface area contributed by atoms with Crippen molar-refractivity contribution in [2.24, 2.45) is 88.4 Å². The lowest BCUT2D eigenvalue weighted by molar-refractivity contribution is -0.278. The van der Waals surface area contributed by atoms with Crippen molar-refractivity contribution in [2.75, 3.05) is 39.9 Å². The molecule has 6 heterocycles. The van der Waals surface area contributed by atoms with Crippen LogP contribution < -0.4 is 83.0 Å². The molecule has 132 heavy (non-hydrogen) atoms. The maximum atomic E-state index is 16.8. The molecule has 40 heteroatoms. The van der Waals surface area contributed by atoms with Crippen molar-refractivity contribution >= 4 is 80.5 Å². The van der Waals surface area contributed by atoms with Gasteiger partial charge in [0, 0.05) is 56.6 Å². The van der Waals surface area contributed by atoms with E-state index in [1.807, 2.05) is 13.8 Å². The van der Waals surface area contributed by atoms with Gasteiger partial charge in [-0.3, -0.25) is 38.4 Å². The molecular weight excluding hydrogens is 1780 g/mol. The van der Waals surface area contributed by atoms with Gasteiger partial charge in [-0.05, 0) is 237 Å². The summed E-state index contributed by atoms with van der Waals surface area (Å²) in [5.74, 6) is -16.6. The van der Waals surface area contributed by atoms with Crippen LogP contribution in [0.1, 0.15) is 193 Å². The Labute approximate surface area is 780 Å². The van der Waals surface area contributed by atoms with E-state index in [2.05, 4.69) is 59.5 Å². The number of primary amides is 1. The van der Waals surface area contributed by atoms with Crippen LogP contribution in [0.5, 0.6) is 23.0 Å². The van der Waals surface area contributed by atoms with Crippen molar-refractivity contribution in [3.05, 3.63) is 42.0 Å². The fraction of sp³-hybridized carbons (Fsp3) is 0.783. The second-order valence-electron chi connectivity index (χ2n) is 40.3. The number of nitrogens with one attached hydrogen (secondary N) is 10. The van der Waals surface area contributed by atoms with Crippen LogP contribution in [-0.2, 0) is 57.9 Å². The molecule has 738 valence electrons. The van der Waals surface area contributed by atoms with Crippen LogP contribution in [0.15, 0.2) is 41.3 Å². The first-order chi connectivity index (χ1) is 63.0. The van der Waals surface area contributed by atoms with Gasteiger partial charge in [-0.25, -0.2) is 13.1 Å². The molecule has 0 spiro atoms. The van der Waals surface area contributed by atoms with Gasteiger partial charge in [0.2, 0.25) is 63.0 Å². The summed E-state index contributed by atoms with van der Waals surface area (Å²) < 4.78 is 70.0. The summed E-state index contributed by atoms with van der Waals surface area (Å²) in [6, 6.07) is -5.10. The van der Waals surface area contributed by atoms with Crippen molar-refractivity contribution in [1.82, 2.24) is 52.6 Å². The number of rotatable bonds is 28. The molecule has 2 aromatic carbocycles. The van der Waals surface area contributed by atoms with E-state index >= 15 is 28.8 Å². The van der Waals surface area contributed by atoms with E-state index in [1.54, 1.807) is 19.1 Å². The van der Waals surface area contributed by atoms with E-state index in [1.165, 1.54) is 31.3 Å². The number of carbonyl (C=O) groups is 8. The van der Waals surface area contributed by atoms with Crippen LogP contribution in [0.3, 0.4) is 0 Å². The molecule has 9 saturated carbocycles. The summed E-state index contributed by atoms with van der Waals surface area (Å²) in [6.07, 6.45) is -12.5. The van der Waals surface area contributed by atoms with Crippen LogP contribution in [0.4, 0.5) is 0 Å². The molecule has 6 aliphatic heterocycles. The normalized spacial score (nSPS) is 39.8. The Morgan fingerprint density at radius 2 is 1.27 bits per heavy atom. The van der Waals surface area contributed by atoms with Gasteiger partial charge in [-0.2, -0.15) is 0 Å². The number of fused-ring (bicyclic) bond motifs is 15. The number of unbranched alkanes of at least 4 members (excludes halogenated alkanes) is 4. The Hall–Kier alpha value is -6.67. The zero-order valence-electron chi connectivity index (χ0n) is 75.8. The Morgan fingerprint density at radius 3 is 1.89 bits per heavy atom. The number of hydrogen-bond donors (Lipinski definition) is 21. The SMILES string of the molecule is CCCCCCCOc1ccc(S(=O)(=O)NCCNCC2[C@H](O)C3C4C[C@H](CC[C@H]4O)[C@H]4NC(=O)[C@@H]5NC(=O)[C@H](CC(N)=O)NC(=O)[C@H](NC(=O)[C@@H](CC(C)C)NC)[C@H](O)[C@H]6CC[C@@H](Oc7cc5cc(c7O[C@@H]5C[C@H](CO)[C@@H](O)[C@H](O)[C@H]5O[C@H]5C[C@H](N)[C@H](O)[C@H](C)O5)O[C@@H]5CC[C@@H](C[C@@H]5Cl)[C@@H](O)[C@H](NC4=O)C(=O)N[C@H](C(=O)NC4C5CC7CC(C5)CC4C7)C3C[C@@H]2O)[C@H](Cl)C6)cc1. The van der Waals surface area contributed by atoms with Crippen molar-refractivity contribution in [3.63, 3.8) is 0 Å². The summed E-state index contributed by atoms with van der Waals surface area (Å²) in [5.41, 5.74) is 12.1. The minimum Gasteiger partial charge on any atom is -0.494 e. The molecule has 8 amide bonds. The average Bonchev–Trinajstić information content (AvgIpc) is 0.749. The Kier molecular flexibility index (Phi) is 34.1. The Bertz CT molecular complexity index is 4400. The lowest BCUT2D eigenvalue weighted by atomic mass is 9.54. The van der Waals surface area contributed by atoms with E-state index in [4.69, 9.17) is 63.1 Å². The molecule has 11 fully saturated rings. The Balaban J connectivity index is 0.863. The van der Waals surface area contributed by atoms with Crippen LogP contribution in [0.2, 0.25) is 0 Å². The van der Waals surface area contributed by atoms with Gasteiger partial charge < -0.3 is 134 Å². The lowest BCUT2D eigenvalue weighted by Gasteiger charge is -2.55. The molecule has 0 radical (unpaired) electrons. The van der Waals surface area contributed by atoms with Crippen LogP contribution >= 0.6 is 23.2 Å². The first-order valence-electron chi connectivity index (χ1n) is 48.1. The van der Waals surface area contributed by atoms with Gasteiger partial charge in [-0.1, -0.05) is 46.5 Å². The number of amides is 8. The number of carbonyl (C=O) groups excluding carboxylic acids is 8. The highest BCUT2D eigenvalue weighted by Gasteiger charge is 2.58. The molecule has 0 aromatic heterocycles. The molecule has 2 aromatic rings. The molecule has 32 atom stereocenters. The second kappa shape index (κ2) is 44.4. The van der Waals surface area contributed by atoms with Crippen molar-refractivity contribution < 1.29 is 121 Å². The molecular formula is C92H140Cl2N12O25S. The van der Waals surface area contributed by atoms with Crippen LogP contribution in [0, 0.1) is 76.9 Å². The number of halogens is 2. The number of nitrogens with two attached hydrogens (primary N) is 2. The topological polar surface area (TPSA) is 580 Å². The number of aliphatic hydroxyl groups excluding tert-OH is 9. The van der Waals surface area contributed by atoms with E-state index < -0.39 is 262 Å². The maximum absolute atomic E-state index is 16.8. The fourth-order valence-electron chi connectivity index (χ4n) is 23.8. The summed E-state index contributed by atoms with van der Waals surface area (Å²) >= 11 is 15.1. The predicted molar refractivity (Wildman–Crippen MR) is 479 cm³/mol. The standard InChI is InChI=1S/C92H140Cl2N12O25S/c1-6-7-8-9-10-23-126-52-14-16-53(17-15-52)132(124,125)99-22-21-98-39-56-63(109)36-55-71(82(56)115)54-30-45(11-18-62(54)108)73-88(119)106-77(92(123)104-75(55)90(121)101-72-48-26-43-25-44(28-48)29-49(72)27-43)80(113)47-13-20-65(58(94)32-47)129-67-34-50-33-66(84(67)130-68-35-51(40-107)81(114)83(116)85(68)131-70-37-59(95)78(111)42(4)127-70)128-64-19-12-46(31-57(64)93)79(112)76(105-86(117)60(97-5)24-41(2)3)91(122)100-61(38-69(96)110)87(118)102-74(50)89(120)103-73/h14-17,33-34,41-49,51,54-65,68,70-83,85,97-99,107-109,111-116H,6-13,18-32,35-40,95H2,1-5H3,(H2,96,110)(H,100,122)(H,101,121)(H,102,118)(H,103,120)(H,104,123)(H,105,117)(H,106,119)/t42-,43?,44?,45-,46-,47-,48?,49?,51+,54?,55?,56?,57+,58-,59-,60+,61-,62+,63-,64+,65+,68+,70-,71?,72?,73+,74+,75-,76+,77-,78+,79+,80+,81+,82-,83-,85-/m0/s1. The van der Waals surface area contributed by atoms with E-state index in [-0.39, 0.29) is 155 Å². The molecule has 2 saturated heterocycles. The van der Waals surface area contributed by atoms with Gasteiger partial charge in [0.1, 0.15) is 72.5 Å². The molecule has 37 nitrogen and oxygen atoms in total. The maximum Gasteiger partial charge on any atom is 0.247 e. The van der Waals surface area contributed by atoms with Crippen molar-refractivity contribution in [2.45, 2.75) is 337 Å². The first-order valence-corrected chi connectivity index (χ1v) is 50.4. The number of likely N-dealkylation sites (N-methyl/N-ethyl adjacent to an activating group) is 1. The zero-order chi connectivity index (χ0) is 94.6. The molecule has 15 aliphatic rings. The van der Waals surface area contributed by atoms with E-state index in [9.17, 15) is 64.0 Å². The molecule has 17 rings (SSSR count). The first kappa shape index (κ1) is 101. The summed E-state index contributed by atoms with van der Waals surface area (Å²) in [5, 5.41) is 135. The minimum atomic E-state index is -4.08. The summed E-state index contributed by atoms with van der Waals surface area (Å²) in [6.45, 7) is 6.90. The van der Waals surface area contributed by atoms with Gasteiger partial charge in [-0.15, -0.1) is 23.2 Å². The molecule has 15 bridgehead atoms. The predicted octanol–water partition coefficient (Wildman–Crippen LogP) is 0.149.